The van der Waals surface area contributed by atoms with Crippen LogP contribution in [0.25, 0.3) is 5.69 Å². The van der Waals surface area contributed by atoms with Gasteiger partial charge in [-0.2, -0.15) is 5.10 Å². The molecule has 1 N–H and O–H groups in total. The van der Waals surface area contributed by atoms with Gasteiger partial charge in [-0.3, -0.25) is 4.98 Å². The lowest BCUT2D eigenvalue weighted by Gasteiger charge is -2.08. The molecule has 0 radical (unpaired) electrons. The maximum Gasteiger partial charge on any atom is 0.0679 e. The summed E-state index contributed by atoms with van der Waals surface area (Å²) in [5.41, 5.74) is 3.20. The molecule has 0 aliphatic rings. The number of hydrogen-bond acceptors (Lipinski definition) is 3. The first-order chi connectivity index (χ1) is 9.06. The Morgan fingerprint density at radius 3 is 2.63 bits per heavy atom. The monoisotopic (exact) mass is 258 g/mol. The molecule has 4 heteroatoms. The third-order valence-corrected chi connectivity index (χ3v) is 2.96. The van der Waals surface area contributed by atoms with Crippen molar-refractivity contribution in [2.24, 2.45) is 0 Å². The van der Waals surface area contributed by atoms with Gasteiger partial charge in [0.2, 0.25) is 0 Å². The molecule has 0 unspecified atom stereocenters. The van der Waals surface area contributed by atoms with Gasteiger partial charge in [0.15, 0.2) is 0 Å². The average molecular weight is 258 g/mol. The lowest BCUT2D eigenvalue weighted by Crippen LogP contribution is -2.22. The lowest BCUT2D eigenvalue weighted by molar-refractivity contribution is 0.581. The molecular formula is C15H22N4. The van der Waals surface area contributed by atoms with E-state index in [2.05, 4.69) is 55.2 Å². The zero-order valence-corrected chi connectivity index (χ0v) is 12.1. The van der Waals surface area contributed by atoms with Crippen LogP contribution in [0.1, 0.15) is 45.0 Å². The summed E-state index contributed by atoms with van der Waals surface area (Å²) < 4.78 is 1.91. The molecular weight excluding hydrogens is 236 g/mol. The van der Waals surface area contributed by atoms with Crippen molar-refractivity contribution in [3.05, 3.63) is 42.0 Å². The minimum Gasteiger partial charge on any atom is -0.309 e. The van der Waals surface area contributed by atoms with Crippen LogP contribution in [0.2, 0.25) is 0 Å². The molecule has 0 aromatic carbocycles. The molecule has 0 bridgehead atoms. The Morgan fingerprint density at radius 2 is 2.00 bits per heavy atom. The molecule has 0 aliphatic heterocycles. The Labute approximate surface area is 114 Å². The van der Waals surface area contributed by atoms with E-state index in [9.17, 15) is 0 Å². The largest absolute Gasteiger partial charge is 0.309 e. The van der Waals surface area contributed by atoms with Crippen molar-refractivity contribution in [2.45, 2.75) is 46.2 Å². The van der Waals surface area contributed by atoms with E-state index in [1.165, 1.54) is 0 Å². The van der Waals surface area contributed by atoms with E-state index in [-0.39, 0.29) is 0 Å². The molecule has 0 spiro atoms. The Hall–Kier alpha value is -1.68. The lowest BCUT2D eigenvalue weighted by atomic mass is 10.1. The van der Waals surface area contributed by atoms with E-state index in [4.69, 9.17) is 0 Å². The Kier molecular flexibility index (Phi) is 4.32. The molecule has 0 saturated heterocycles. The quantitative estimate of drug-likeness (QED) is 0.896. The number of rotatable bonds is 5. The van der Waals surface area contributed by atoms with Crippen molar-refractivity contribution in [3.8, 4) is 5.69 Å². The number of hydrogen-bond donors (Lipinski definition) is 1. The Morgan fingerprint density at radius 1 is 1.21 bits per heavy atom. The second-order valence-electron chi connectivity index (χ2n) is 5.38. The molecule has 0 saturated carbocycles. The average Bonchev–Trinajstić information content (AvgIpc) is 2.86. The van der Waals surface area contributed by atoms with Crippen LogP contribution in [0.3, 0.4) is 0 Å². The summed E-state index contributed by atoms with van der Waals surface area (Å²) in [7, 11) is 0. The van der Waals surface area contributed by atoms with E-state index < -0.39 is 0 Å². The number of pyridine rings is 1. The molecule has 0 amide bonds. The molecule has 2 aromatic heterocycles. The van der Waals surface area contributed by atoms with Crippen LogP contribution in [0.15, 0.2) is 30.6 Å². The molecule has 19 heavy (non-hydrogen) atoms. The third-order valence-electron chi connectivity index (χ3n) is 2.96. The molecule has 2 heterocycles. The van der Waals surface area contributed by atoms with Crippen molar-refractivity contribution in [1.29, 1.82) is 0 Å². The maximum absolute atomic E-state index is 4.58. The highest BCUT2D eigenvalue weighted by Crippen LogP contribution is 2.14. The highest BCUT2D eigenvalue weighted by Gasteiger charge is 2.05. The van der Waals surface area contributed by atoms with E-state index >= 15 is 0 Å². The zero-order valence-electron chi connectivity index (χ0n) is 12.1. The van der Waals surface area contributed by atoms with Crippen molar-refractivity contribution in [1.82, 2.24) is 20.1 Å². The van der Waals surface area contributed by atoms with Gasteiger partial charge in [0.1, 0.15) is 0 Å². The van der Waals surface area contributed by atoms with Gasteiger partial charge in [-0.1, -0.05) is 27.7 Å². The first kappa shape index (κ1) is 13.7. The predicted octanol–water partition coefficient (Wildman–Crippen LogP) is 2.89. The van der Waals surface area contributed by atoms with E-state index in [0.717, 1.165) is 23.6 Å². The van der Waals surface area contributed by atoms with Crippen LogP contribution >= 0.6 is 0 Å². The molecule has 2 aromatic rings. The topological polar surface area (TPSA) is 42.7 Å². The molecule has 0 fully saturated rings. The van der Waals surface area contributed by atoms with E-state index in [0.29, 0.717) is 12.0 Å². The summed E-state index contributed by atoms with van der Waals surface area (Å²) in [6, 6.07) is 6.59. The minimum absolute atomic E-state index is 0.449. The number of nitrogens with one attached hydrogen (secondary N) is 1. The van der Waals surface area contributed by atoms with Gasteiger partial charge in [0, 0.05) is 25.0 Å². The Bertz CT molecular complexity index is 528. The van der Waals surface area contributed by atoms with Crippen molar-refractivity contribution in [2.75, 3.05) is 0 Å². The van der Waals surface area contributed by atoms with Gasteiger partial charge >= 0.3 is 0 Å². The van der Waals surface area contributed by atoms with Gasteiger partial charge < -0.3 is 5.32 Å². The summed E-state index contributed by atoms with van der Waals surface area (Å²) in [5, 5.41) is 7.96. The highest BCUT2D eigenvalue weighted by atomic mass is 15.3. The maximum atomic E-state index is 4.58. The predicted molar refractivity (Wildman–Crippen MR) is 77.4 cm³/mol. The van der Waals surface area contributed by atoms with Gasteiger partial charge in [-0.25, -0.2) is 4.68 Å². The number of nitrogens with zero attached hydrogens (tertiary/aromatic N) is 3. The van der Waals surface area contributed by atoms with E-state index in [1.54, 1.807) is 0 Å². The smallest absolute Gasteiger partial charge is 0.0679 e. The zero-order chi connectivity index (χ0) is 13.8. The van der Waals surface area contributed by atoms with Gasteiger partial charge in [0.25, 0.3) is 0 Å². The van der Waals surface area contributed by atoms with Crippen molar-refractivity contribution >= 4 is 0 Å². The van der Waals surface area contributed by atoms with Crippen molar-refractivity contribution < 1.29 is 0 Å². The van der Waals surface area contributed by atoms with Crippen LogP contribution in [0.5, 0.6) is 0 Å². The molecule has 0 aliphatic carbocycles. The molecule has 0 atom stereocenters. The second-order valence-corrected chi connectivity index (χ2v) is 5.38. The van der Waals surface area contributed by atoms with Crippen LogP contribution in [-0.4, -0.2) is 20.8 Å². The summed E-state index contributed by atoms with van der Waals surface area (Å²) in [4.78, 5) is 4.38. The van der Waals surface area contributed by atoms with Gasteiger partial charge in [-0.05, 0) is 24.1 Å². The summed E-state index contributed by atoms with van der Waals surface area (Å²) in [6.45, 7) is 9.34. The summed E-state index contributed by atoms with van der Waals surface area (Å²) in [6.07, 6.45) is 3.84. The molecule has 2 rings (SSSR count). The Balaban J connectivity index is 2.17. The summed E-state index contributed by atoms with van der Waals surface area (Å²) >= 11 is 0. The number of aromatic nitrogens is 3. The van der Waals surface area contributed by atoms with Gasteiger partial charge in [0.05, 0.1) is 17.1 Å². The van der Waals surface area contributed by atoms with Crippen LogP contribution in [0.4, 0.5) is 0 Å². The van der Waals surface area contributed by atoms with Crippen LogP contribution in [-0.2, 0) is 6.54 Å². The minimum atomic E-state index is 0.449. The molecule has 102 valence electrons. The summed E-state index contributed by atoms with van der Waals surface area (Å²) in [5.74, 6) is 0.449. The first-order valence-electron chi connectivity index (χ1n) is 6.80. The van der Waals surface area contributed by atoms with Gasteiger partial charge in [-0.15, -0.1) is 0 Å². The fourth-order valence-electron chi connectivity index (χ4n) is 1.80. The van der Waals surface area contributed by atoms with E-state index in [1.807, 2.05) is 23.1 Å². The third kappa shape index (κ3) is 3.64. The second kappa shape index (κ2) is 5.97. The SMILES string of the molecule is CC(C)NCc1cc(-n2ccc(C(C)C)n2)ccn1. The molecule has 4 nitrogen and oxygen atoms in total. The standard InChI is InChI=1S/C15H22N4/c1-11(2)15-6-8-19(18-15)14-5-7-16-13(9-14)10-17-12(3)4/h5-9,11-12,17H,10H2,1-4H3. The van der Waals surface area contributed by atoms with Crippen LogP contribution < -0.4 is 5.32 Å². The first-order valence-corrected chi connectivity index (χ1v) is 6.80. The normalized spacial score (nSPS) is 11.5. The fraction of sp³-hybridized carbons (Fsp3) is 0.467. The van der Waals surface area contributed by atoms with Crippen LogP contribution in [0, 0.1) is 0 Å². The van der Waals surface area contributed by atoms with Crippen molar-refractivity contribution in [3.63, 3.8) is 0 Å². The highest BCUT2D eigenvalue weighted by molar-refractivity contribution is 5.31. The fourth-order valence-corrected chi connectivity index (χ4v) is 1.80.